The number of β-amino-alcohol motifs (C(OH)–C–C–N with tert-alkyl or cyclic N) is 1. The van der Waals surface area contributed by atoms with Gasteiger partial charge in [-0.2, -0.15) is 0 Å². The number of likely N-dealkylation sites (tertiary alicyclic amines) is 1. The Labute approximate surface area is 110 Å². The van der Waals surface area contributed by atoms with Crippen molar-refractivity contribution in [3.05, 3.63) is 0 Å². The maximum Gasteiger partial charge on any atom is 0.239 e. The molecule has 0 aromatic rings. The molecule has 1 amide bonds. The summed E-state index contributed by atoms with van der Waals surface area (Å²) in [6.45, 7) is 5.47. The first-order valence-corrected chi connectivity index (χ1v) is 7.27. The molecule has 0 bridgehead atoms. The fourth-order valence-electron chi connectivity index (χ4n) is 3.20. The van der Waals surface area contributed by atoms with Gasteiger partial charge in [-0.3, -0.25) is 4.79 Å². The predicted octanol–water partition coefficient (Wildman–Crippen LogP) is 1.28. The predicted molar refractivity (Wildman–Crippen MR) is 71.3 cm³/mol. The SMILES string of the molecule is CC(C)NC1CCCN(CC2(O)CCCC2)C1=O. The third kappa shape index (κ3) is 3.23. The topological polar surface area (TPSA) is 52.6 Å². The van der Waals surface area contributed by atoms with Gasteiger partial charge >= 0.3 is 0 Å². The van der Waals surface area contributed by atoms with Gasteiger partial charge in [-0.15, -0.1) is 0 Å². The highest BCUT2D eigenvalue weighted by Crippen LogP contribution is 2.31. The second-order valence-corrected chi connectivity index (χ2v) is 6.21. The van der Waals surface area contributed by atoms with E-state index < -0.39 is 5.60 Å². The average Bonchev–Trinajstić information content (AvgIpc) is 2.70. The lowest BCUT2D eigenvalue weighted by molar-refractivity contribution is -0.140. The van der Waals surface area contributed by atoms with Crippen molar-refractivity contribution in [2.75, 3.05) is 13.1 Å². The van der Waals surface area contributed by atoms with Crippen molar-refractivity contribution in [3.8, 4) is 0 Å². The Morgan fingerprint density at radius 1 is 1.39 bits per heavy atom. The minimum atomic E-state index is -0.616. The first kappa shape index (κ1) is 13.8. The first-order chi connectivity index (χ1) is 8.50. The first-order valence-electron chi connectivity index (χ1n) is 7.27. The van der Waals surface area contributed by atoms with Gasteiger partial charge < -0.3 is 15.3 Å². The largest absolute Gasteiger partial charge is 0.388 e. The molecule has 1 aliphatic carbocycles. The second kappa shape index (κ2) is 5.57. The van der Waals surface area contributed by atoms with Gasteiger partial charge in [0.2, 0.25) is 5.91 Å². The van der Waals surface area contributed by atoms with Crippen LogP contribution in [0.3, 0.4) is 0 Å². The fourth-order valence-corrected chi connectivity index (χ4v) is 3.20. The molecule has 0 aromatic heterocycles. The minimum absolute atomic E-state index is 0.0521. The molecule has 18 heavy (non-hydrogen) atoms. The van der Waals surface area contributed by atoms with E-state index in [9.17, 15) is 9.90 Å². The molecule has 1 heterocycles. The third-order valence-corrected chi connectivity index (χ3v) is 4.08. The summed E-state index contributed by atoms with van der Waals surface area (Å²) in [6, 6.07) is 0.275. The summed E-state index contributed by atoms with van der Waals surface area (Å²) in [7, 11) is 0. The standard InChI is InChI=1S/C14H26N2O2/c1-11(2)15-12-6-5-9-16(13(12)17)10-14(18)7-3-4-8-14/h11-12,15,18H,3-10H2,1-2H3. The van der Waals surface area contributed by atoms with Gasteiger partial charge in [-0.25, -0.2) is 0 Å². The van der Waals surface area contributed by atoms with Gasteiger partial charge in [0, 0.05) is 19.1 Å². The lowest BCUT2D eigenvalue weighted by Crippen LogP contribution is -2.55. The molecule has 1 saturated heterocycles. The van der Waals surface area contributed by atoms with Crippen LogP contribution >= 0.6 is 0 Å². The minimum Gasteiger partial charge on any atom is -0.388 e. The third-order valence-electron chi connectivity index (χ3n) is 4.08. The second-order valence-electron chi connectivity index (χ2n) is 6.21. The lowest BCUT2D eigenvalue weighted by Gasteiger charge is -2.37. The molecule has 2 rings (SSSR count). The Balaban J connectivity index is 1.93. The van der Waals surface area contributed by atoms with Crippen LogP contribution in [0.2, 0.25) is 0 Å². The van der Waals surface area contributed by atoms with Crippen LogP contribution in [0.4, 0.5) is 0 Å². The smallest absolute Gasteiger partial charge is 0.239 e. The van der Waals surface area contributed by atoms with Crippen molar-refractivity contribution < 1.29 is 9.90 Å². The highest BCUT2D eigenvalue weighted by molar-refractivity contribution is 5.82. The molecule has 1 unspecified atom stereocenters. The van der Waals surface area contributed by atoms with E-state index >= 15 is 0 Å². The Morgan fingerprint density at radius 3 is 2.67 bits per heavy atom. The van der Waals surface area contributed by atoms with Crippen LogP contribution in [0.15, 0.2) is 0 Å². The number of nitrogens with one attached hydrogen (secondary N) is 1. The molecule has 2 N–H and O–H groups in total. The number of carbonyl (C=O) groups excluding carboxylic acids is 1. The number of rotatable bonds is 4. The van der Waals surface area contributed by atoms with E-state index in [0.717, 1.165) is 45.1 Å². The zero-order chi connectivity index (χ0) is 13.2. The van der Waals surface area contributed by atoms with E-state index in [1.165, 1.54) is 0 Å². The molecular weight excluding hydrogens is 228 g/mol. The maximum atomic E-state index is 12.3. The molecule has 2 fully saturated rings. The average molecular weight is 254 g/mol. The van der Waals surface area contributed by atoms with Gasteiger partial charge in [0.25, 0.3) is 0 Å². The number of hydrogen-bond acceptors (Lipinski definition) is 3. The Morgan fingerprint density at radius 2 is 2.06 bits per heavy atom. The van der Waals surface area contributed by atoms with E-state index in [1.54, 1.807) is 0 Å². The van der Waals surface area contributed by atoms with Crippen LogP contribution in [0.1, 0.15) is 52.4 Å². The number of aliphatic hydroxyl groups is 1. The van der Waals surface area contributed by atoms with Gasteiger partial charge in [0.1, 0.15) is 0 Å². The van der Waals surface area contributed by atoms with E-state index in [4.69, 9.17) is 0 Å². The zero-order valence-corrected chi connectivity index (χ0v) is 11.6. The monoisotopic (exact) mass is 254 g/mol. The van der Waals surface area contributed by atoms with Crippen molar-refractivity contribution in [2.24, 2.45) is 0 Å². The Hall–Kier alpha value is -0.610. The summed E-state index contributed by atoms with van der Waals surface area (Å²) >= 11 is 0. The number of hydrogen-bond donors (Lipinski definition) is 2. The number of nitrogens with zero attached hydrogens (tertiary/aromatic N) is 1. The fraction of sp³-hybridized carbons (Fsp3) is 0.929. The molecule has 4 heteroatoms. The molecule has 1 aliphatic heterocycles. The van der Waals surface area contributed by atoms with Crippen LogP contribution in [0, 0.1) is 0 Å². The Kier molecular flexibility index (Phi) is 4.28. The van der Waals surface area contributed by atoms with E-state index in [2.05, 4.69) is 19.2 Å². The highest BCUT2D eigenvalue weighted by atomic mass is 16.3. The van der Waals surface area contributed by atoms with Crippen molar-refractivity contribution >= 4 is 5.91 Å². The maximum absolute atomic E-state index is 12.3. The van der Waals surface area contributed by atoms with Crippen molar-refractivity contribution in [2.45, 2.75) is 70.1 Å². The molecule has 1 saturated carbocycles. The van der Waals surface area contributed by atoms with Gasteiger partial charge in [0.05, 0.1) is 11.6 Å². The van der Waals surface area contributed by atoms with Crippen molar-refractivity contribution in [3.63, 3.8) is 0 Å². The van der Waals surface area contributed by atoms with Gasteiger partial charge in [0.15, 0.2) is 0 Å². The molecule has 1 atom stereocenters. The van der Waals surface area contributed by atoms with Crippen LogP contribution in [-0.4, -0.2) is 46.7 Å². The zero-order valence-electron chi connectivity index (χ0n) is 11.6. The van der Waals surface area contributed by atoms with Crippen LogP contribution in [-0.2, 0) is 4.79 Å². The summed E-state index contributed by atoms with van der Waals surface area (Å²) in [5.41, 5.74) is -0.616. The summed E-state index contributed by atoms with van der Waals surface area (Å²) in [5, 5.41) is 13.7. The van der Waals surface area contributed by atoms with Crippen LogP contribution < -0.4 is 5.32 Å². The summed E-state index contributed by atoms with van der Waals surface area (Å²) in [5.74, 6) is 0.176. The van der Waals surface area contributed by atoms with Crippen LogP contribution in [0.25, 0.3) is 0 Å². The molecule has 2 aliphatic rings. The summed E-state index contributed by atoms with van der Waals surface area (Å²) < 4.78 is 0. The molecular formula is C14H26N2O2. The molecule has 0 spiro atoms. The Bertz CT molecular complexity index is 298. The number of carbonyl (C=O) groups is 1. The molecule has 0 aromatic carbocycles. The molecule has 104 valence electrons. The van der Waals surface area contributed by atoms with Gasteiger partial charge in [-0.05, 0) is 25.7 Å². The summed E-state index contributed by atoms with van der Waals surface area (Å²) in [4.78, 5) is 14.2. The number of piperidine rings is 1. The lowest BCUT2D eigenvalue weighted by atomic mass is 9.98. The normalized spacial score (nSPS) is 28.1. The van der Waals surface area contributed by atoms with Crippen LogP contribution in [0.5, 0.6) is 0 Å². The summed E-state index contributed by atoms with van der Waals surface area (Å²) in [6.07, 6.45) is 5.83. The van der Waals surface area contributed by atoms with E-state index in [-0.39, 0.29) is 11.9 Å². The van der Waals surface area contributed by atoms with Crippen molar-refractivity contribution in [1.82, 2.24) is 10.2 Å². The van der Waals surface area contributed by atoms with E-state index in [1.807, 2.05) is 4.90 Å². The molecule has 4 nitrogen and oxygen atoms in total. The number of amides is 1. The quantitative estimate of drug-likeness (QED) is 0.794. The van der Waals surface area contributed by atoms with E-state index in [0.29, 0.717) is 12.6 Å². The van der Waals surface area contributed by atoms with Crippen molar-refractivity contribution in [1.29, 1.82) is 0 Å². The molecule has 0 radical (unpaired) electrons. The highest BCUT2D eigenvalue weighted by Gasteiger charge is 2.37. The van der Waals surface area contributed by atoms with Gasteiger partial charge in [-0.1, -0.05) is 26.7 Å².